The van der Waals surface area contributed by atoms with Crippen LogP contribution in [0.25, 0.3) is 0 Å². The maximum Gasteiger partial charge on any atom is 0.320 e. The number of piperidine rings is 1. The molecule has 2 fully saturated rings. The molecule has 0 aromatic rings. The lowest BCUT2D eigenvalue weighted by Crippen LogP contribution is -2.50. The quantitative estimate of drug-likeness (QED) is 0.764. The summed E-state index contributed by atoms with van der Waals surface area (Å²) < 4.78 is 5.24. The van der Waals surface area contributed by atoms with Gasteiger partial charge in [-0.25, -0.2) is 0 Å². The summed E-state index contributed by atoms with van der Waals surface area (Å²) >= 11 is 0. The summed E-state index contributed by atoms with van der Waals surface area (Å²) in [4.78, 5) is 24.9. The molecule has 0 spiro atoms. The fraction of sp³-hybridized carbons (Fsp3) is 0.846. The average molecular weight is 270 g/mol. The standard InChI is InChI=1S/C13H22N2O4/c16-12(14-10-4-7-19-8-5-10)9-15-6-2-1-3-11(15)13(17)18/h10-11H,1-9H2,(H,14,16)(H,17,18). The van der Waals surface area contributed by atoms with Crippen molar-refractivity contribution >= 4 is 11.9 Å². The van der Waals surface area contributed by atoms with E-state index in [2.05, 4.69) is 5.32 Å². The van der Waals surface area contributed by atoms with Crippen molar-refractivity contribution in [1.82, 2.24) is 10.2 Å². The highest BCUT2D eigenvalue weighted by Gasteiger charge is 2.30. The first-order valence-electron chi connectivity index (χ1n) is 7.01. The fourth-order valence-corrected chi connectivity index (χ4v) is 2.76. The zero-order chi connectivity index (χ0) is 13.7. The molecule has 108 valence electrons. The zero-order valence-electron chi connectivity index (χ0n) is 11.1. The molecule has 19 heavy (non-hydrogen) atoms. The number of aliphatic carboxylic acids is 1. The second kappa shape index (κ2) is 6.86. The molecular formula is C13H22N2O4. The number of hydrogen-bond donors (Lipinski definition) is 2. The molecule has 2 aliphatic rings. The molecule has 6 nitrogen and oxygen atoms in total. The van der Waals surface area contributed by atoms with Crippen molar-refractivity contribution in [1.29, 1.82) is 0 Å². The van der Waals surface area contributed by atoms with Gasteiger partial charge in [-0.2, -0.15) is 0 Å². The highest BCUT2D eigenvalue weighted by Crippen LogP contribution is 2.16. The number of amides is 1. The number of carboxylic acid groups (broad SMARTS) is 1. The van der Waals surface area contributed by atoms with E-state index in [1.165, 1.54) is 0 Å². The van der Waals surface area contributed by atoms with E-state index < -0.39 is 12.0 Å². The molecular weight excluding hydrogens is 248 g/mol. The molecule has 0 aliphatic carbocycles. The van der Waals surface area contributed by atoms with E-state index in [0.29, 0.717) is 26.2 Å². The van der Waals surface area contributed by atoms with Crippen molar-refractivity contribution < 1.29 is 19.4 Å². The van der Waals surface area contributed by atoms with Crippen molar-refractivity contribution in [3.8, 4) is 0 Å². The third-order valence-electron chi connectivity index (χ3n) is 3.83. The largest absolute Gasteiger partial charge is 0.480 e. The lowest BCUT2D eigenvalue weighted by molar-refractivity contribution is -0.145. The Morgan fingerprint density at radius 2 is 1.95 bits per heavy atom. The molecule has 6 heteroatoms. The molecule has 2 rings (SSSR count). The van der Waals surface area contributed by atoms with Gasteiger partial charge in [-0.15, -0.1) is 0 Å². The van der Waals surface area contributed by atoms with E-state index in [1.54, 1.807) is 4.90 Å². The lowest BCUT2D eigenvalue weighted by atomic mass is 10.0. The van der Waals surface area contributed by atoms with Gasteiger partial charge in [0.15, 0.2) is 0 Å². The van der Waals surface area contributed by atoms with Gasteiger partial charge in [-0.3, -0.25) is 14.5 Å². The maximum absolute atomic E-state index is 12.0. The molecule has 2 heterocycles. The number of carboxylic acids is 1. The highest BCUT2D eigenvalue weighted by molar-refractivity contribution is 5.80. The topological polar surface area (TPSA) is 78.9 Å². The Balaban J connectivity index is 1.80. The number of ether oxygens (including phenoxy) is 1. The van der Waals surface area contributed by atoms with Crippen LogP contribution < -0.4 is 5.32 Å². The minimum atomic E-state index is -0.821. The van der Waals surface area contributed by atoms with Gasteiger partial charge >= 0.3 is 5.97 Å². The number of carbonyl (C=O) groups is 2. The minimum Gasteiger partial charge on any atom is -0.480 e. The molecule has 0 saturated carbocycles. The SMILES string of the molecule is O=C(CN1CCCCC1C(=O)O)NC1CCOCC1. The summed E-state index contributed by atoms with van der Waals surface area (Å²) in [7, 11) is 0. The smallest absolute Gasteiger partial charge is 0.320 e. The van der Waals surface area contributed by atoms with Gasteiger partial charge in [0.1, 0.15) is 6.04 Å². The predicted molar refractivity (Wildman–Crippen MR) is 68.8 cm³/mol. The Kier molecular flexibility index (Phi) is 5.15. The molecule has 0 aromatic carbocycles. The number of nitrogens with one attached hydrogen (secondary N) is 1. The van der Waals surface area contributed by atoms with E-state index in [4.69, 9.17) is 9.84 Å². The van der Waals surface area contributed by atoms with Crippen LogP contribution in [-0.2, 0) is 14.3 Å². The molecule has 1 atom stereocenters. The van der Waals surface area contributed by atoms with E-state index in [1.807, 2.05) is 0 Å². The first-order chi connectivity index (χ1) is 9.16. The van der Waals surface area contributed by atoms with Crippen LogP contribution in [0.3, 0.4) is 0 Å². The van der Waals surface area contributed by atoms with Crippen LogP contribution in [0.4, 0.5) is 0 Å². The number of hydrogen-bond acceptors (Lipinski definition) is 4. The van der Waals surface area contributed by atoms with Gasteiger partial charge in [-0.1, -0.05) is 6.42 Å². The van der Waals surface area contributed by atoms with Crippen LogP contribution >= 0.6 is 0 Å². The molecule has 2 N–H and O–H groups in total. The Bertz CT molecular complexity index is 329. The molecule has 1 amide bonds. The maximum atomic E-state index is 12.0. The average Bonchev–Trinajstić information content (AvgIpc) is 2.40. The Morgan fingerprint density at radius 3 is 2.63 bits per heavy atom. The van der Waals surface area contributed by atoms with E-state index in [9.17, 15) is 9.59 Å². The zero-order valence-corrected chi connectivity index (χ0v) is 11.1. The summed E-state index contributed by atoms with van der Waals surface area (Å²) in [6.45, 7) is 2.26. The van der Waals surface area contributed by atoms with Gasteiger partial charge in [0.2, 0.25) is 5.91 Å². The monoisotopic (exact) mass is 270 g/mol. The lowest BCUT2D eigenvalue weighted by Gasteiger charge is -2.33. The predicted octanol–water partition coefficient (Wildman–Crippen LogP) is 0.221. The number of rotatable bonds is 4. The fourth-order valence-electron chi connectivity index (χ4n) is 2.76. The summed E-state index contributed by atoms with van der Waals surface area (Å²) in [6, 6.07) is -0.330. The van der Waals surface area contributed by atoms with Crippen molar-refractivity contribution in [3.63, 3.8) is 0 Å². The third kappa shape index (κ3) is 4.18. The summed E-state index contributed by atoms with van der Waals surface area (Å²) in [6.07, 6.45) is 4.21. The van der Waals surface area contributed by atoms with Crippen LogP contribution in [-0.4, -0.2) is 60.3 Å². The summed E-state index contributed by atoms with van der Waals surface area (Å²) in [5, 5.41) is 12.1. The molecule has 2 aliphatic heterocycles. The van der Waals surface area contributed by atoms with Crippen LogP contribution in [0.5, 0.6) is 0 Å². The normalized spacial score (nSPS) is 26.0. The second-order valence-corrected chi connectivity index (χ2v) is 5.27. The van der Waals surface area contributed by atoms with Gasteiger partial charge in [0, 0.05) is 19.3 Å². The van der Waals surface area contributed by atoms with Crippen LogP contribution in [0.2, 0.25) is 0 Å². The Hall–Kier alpha value is -1.14. The van der Waals surface area contributed by atoms with Crippen molar-refractivity contribution in [2.24, 2.45) is 0 Å². The van der Waals surface area contributed by atoms with E-state index in [-0.39, 0.29) is 18.5 Å². The summed E-state index contributed by atoms with van der Waals surface area (Å²) in [5.74, 6) is -0.890. The number of likely N-dealkylation sites (tertiary alicyclic amines) is 1. The van der Waals surface area contributed by atoms with E-state index in [0.717, 1.165) is 25.7 Å². The number of carbonyl (C=O) groups excluding carboxylic acids is 1. The third-order valence-corrected chi connectivity index (χ3v) is 3.83. The highest BCUT2D eigenvalue weighted by atomic mass is 16.5. The molecule has 0 bridgehead atoms. The van der Waals surface area contributed by atoms with Crippen molar-refractivity contribution in [2.75, 3.05) is 26.3 Å². The van der Waals surface area contributed by atoms with Gasteiger partial charge < -0.3 is 15.2 Å². The second-order valence-electron chi connectivity index (χ2n) is 5.27. The molecule has 2 saturated heterocycles. The number of nitrogens with zero attached hydrogens (tertiary/aromatic N) is 1. The molecule has 0 radical (unpaired) electrons. The van der Waals surface area contributed by atoms with Gasteiger partial charge in [0.05, 0.1) is 6.54 Å². The summed E-state index contributed by atoms with van der Waals surface area (Å²) in [5.41, 5.74) is 0. The minimum absolute atomic E-state index is 0.0694. The van der Waals surface area contributed by atoms with Crippen LogP contribution in [0.15, 0.2) is 0 Å². The Labute approximate surface area is 113 Å². The van der Waals surface area contributed by atoms with Crippen LogP contribution in [0, 0.1) is 0 Å². The van der Waals surface area contributed by atoms with Crippen LogP contribution in [0.1, 0.15) is 32.1 Å². The van der Waals surface area contributed by atoms with E-state index >= 15 is 0 Å². The Morgan fingerprint density at radius 1 is 1.21 bits per heavy atom. The first kappa shape index (κ1) is 14.3. The molecule has 0 aromatic heterocycles. The van der Waals surface area contributed by atoms with Crippen molar-refractivity contribution in [2.45, 2.75) is 44.2 Å². The van der Waals surface area contributed by atoms with Gasteiger partial charge in [-0.05, 0) is 32.2 Å². The first-order valence-corrected chi connectivity index (χ1v) is 7.01. The van der Waals surface area contributed by atoms with Gasteiger partial charge in [0.25, 0.3) is 0 Å². The molecule has 1 unspecified atom stereocenters. The van der Waals surface area contributed by atoms with Crippen molar-refractivity contribution in [3.05, 3.63) is 0 Å².